The number of benzene rings is 1. The molecule has 1 atom stereocenters. The fourth-order valence-electron chi connectivity index (χ4n) is 3.15. The van der Waals surface area contributed by atoms with Gasteiger partial charge in [-0.05, 0) is 42.8 Å². The molecule has 29 heavy (non-hydrogen) atoms. The van der Waals surface area contributed by atoms with E-state index in [1.54, 1.807) is 0 Å². The first-order valence-electron chi connectivity index (χ1n) is 8.82. The molecule has 1 aromatic carbocycles. The van der Waals surface area contributed by atoms with Crippen LogP contribution in [0.2, 0.25) is 0 Å². The van der Waals surface area contributed by atoms with Gasteiger partial charge in [-0.3, -0.25) is 9.48 Å². The number of aryl methyl sites for hydroxylation is 1. The number of fused-ring (bicyclic) bond motifs is 1. The molecule has 0 saturated heterocycles. The summed E-state index contributed by atoms with van der Waals surface area (Å²) in [6, 6.07) is 12.5. The third-order valence-electron chi connectivity index (χ3n) is 4.65. The molecule has 0 bridgehead atoms. The minimum atomic E-state index is -4.57. The third-order valence-corrected chi connectivity index (χ3v) is 5.85. The van der Waals surface area contributed by atoms with E-state index in [-0.39, 0.29) is 16.3 Å². The Hall–Kier alpha value is -3.07. The van der Waals surface area contributed by atoms with Gasteiger partial charge in [0.25, 0.3) is 5.91 Å². The second-order valence-corrected chi connectivity index (χ2v) is 7.71. The third kappa shape index (κ3) is 3.65. The zero-order valence-electron chi connectivity index (χ0n) is 15.6. The quantitative estimate of drug-likeness (QED) is 0.511. The summed E-state index contributed by atoms with van der Waals surface area (Å²) in [6.07, 6.45) is -0.694. The van der Waals surface area contributed by atoms with E-state index < -0.39 is 17.8 Å². The topological polar surface area (TPSA) is 51.9 Å². The molecular formula is C20H17F3N4OS. The monoisotopic (exact) mass is 418 g/mol. The maximum absolute atomic E-state index is 13.1. The van der Waals surface area contributed by atoms with Crippen molar-refractivity contribution in [3.8, 4) is 5.69 Å². The lowest BCUT2D eigenvalue weighted by Gasteiger charge is -2.14. The van der Waals surface area contributed by atoms with Crippen LogP contribution in [-0.2, 0) is 13.2 Å². The van der Waals surface area contributed by atoms with E-state index in [1.165, 1.54) is 13.1 Å². The highest BCUT2D eigenvalue weighted by Crippen LogP contribution is 2.37. The van der Waals surface area contributed by atoms with Crippen LogP contribution in [0.4, 0.5) is 13.2 Å². The Morgan fingerprint density at radius 2 is 1.83 bits per heavy atom. The molecule has 0 fully saturated rings. The van der Waals surface area contributed by atoms with Crippen LogP contribution in [0.5, 0.6) is 0 Å². The Labute approximate surface area is 168 Å². The number of nitrogens with one attached hydrogen (secondary N) is 1. The van der Waals surface area contributed by atoms with Crippen LogP contribution in [0.3, 0.4) is 0 Å². The molecule has 1 unspecified atom stereocenters. The number of thiophene rings is 1. The average molecular weight is 418 g/mol. The van der Waals surface area contributed by atoms with Crippen molar-refractivity contribution in [3.05, 3.63) is 71.0 Å². The fourth-order valence-corrected chi connectivity index (χ4v) is 4.13. The normalized spacial score (nSPS) is 13.0. The highest BCUT2D eigenvalue weighted by Gasteiger charge is 2.37. The highest BCUT2D eigenvalue weighted by atomic mass is 32.1. The Kier molecular flexibility index (Phi) is 4.70. The highest BCUT2D eigenvalue weighted by molar-refractivity contribution is 7.20. The molecule has 1 N–H and O–H groups in total. The van der Waals surface area contributed by atoms with Crippen LogP contribution in [-0.4, -0.2) is 20.3 Å². The molecule has 9 heteroatoms. The lowest BCUT2D eigenvalue weighted by atomic mass is 10.1. The van der Waals surface area contributed by atoms with Crippen LogP contribution in [0.25, 0.3) is 15.9 Å². The number of rotatable bonds is 4. The number of alkyl halides is 3. The van der Waals surface area contributed by atoms with Gasteiger partial charge in [-0.1, -0.05) is 12.1 Å². The van der Waals surface area contributed by atoms with Crippen molar-refractivity contribution in [2.45, 2.75) is 19.1 Å². The fraction of sp³-hybridized carbons (Fsp3) is 0.200. The van der Waals surface area contributed by atoms with Crippen LogP contribution in [0.15, 0.2) is 54.9 Å². The number of nitrogens with zero attached hydrogens (tertiary/aromatic N) is 3. The molecule has 150 valence electrons. The van der Waals surface area contributed by atoms with E-state index in [4.69, 9.17) is 0 Å². The number of carbonyl (C=O) groups excluding carboxylic acids is 1. The zero-order chi connectivity index (χ0) is 20.8. The first-order chi connectivity index (χ1) is 13.7. The number of hydrogen-bond acceptors (Lipinski definition) is 3. The van der Waals surface area contributed by atoms with E-state index in [9.17, 15) is 18.0 Å². The van der Waals surface area contributed by atoms with Gasteiger partial charge in [0.2, 0.25) is 0 Å². The summed E-state index contributed by atoms with van der Waals surface area (Å²) in [7, 11) is 1.44. The van der Waals surface area contributed by atoms with Gasteiger partial charge in [0.05, 0.1) is 10.9 Å². The number of amides is 1. The molecule has 3 aromatic heterocycles. The Morgan fingerprint density at radius 3 is 2.45 bits per heavy atom. The Morgan fingerprint density at radius 1 is 1.17 bits per heavy atom. The van der Waals surface area contributed by atoms with E-state index >= 15 is 0 Å². The van der Waals surface area contributed by atoms with Crippen LogP contribution < -0.4 is 5.32 Å². The number of hydrogen-bond donors (Lipinski definition) is 1. The largest absolute Gasteiger partial charge is 0.435 e. The molecule has 0 aliphatic rings. The summed E-state index contributed by atoms with van der Waals surface area (Å²) in [5.74, 6) is -0.415. The molecule has 0 aliphatic heterocycles. The van der Waals surface area contributed by atoms with Crippen molar-refractivity contribution < 1.29 is 18.0 Å². The van der Waals surface area contributed by atoms with Crippen molar-refractivity contribution >= 4 is 27.5 Å². The summed E-state index contributed by atoms with van der Waals surface area (Å²) < 4.78 is 42.5. The summed E-state index contributed by atoms with van der Waals surface area (Å²) in [4.78, 5) is 13.1. The molecule has 4 rings (SSSR count). The SMILES string of the molecule is CC(NC(=O)c1cc2c(C(F)(F)F)nn(C)c2s1)c1ccc(-n2cccc2)cc1. The van der Waals surface area contributed by atoms with E-state index in [0.29, 0.717) is 4.83 Å². The second-order valence-electron chi connectivity index (χ2n) is 6.68. The zero-order valence-corrected chi connectivity index (χ0v) is 16.4. The molecule has 3 heterocycles. The Bertz CT molecular complexity index is 1160. The van der Waals surface area contributed by atoms with Gasteiger partial charge >= 0.3 is 6.18 Å². The standard InChI is InChI=1S/C20H17F3N4OS/c1-12(13-5-7-14(8-6-13)27-9-3-4-10-27)24-18(28)16-11-15-17(20(21,22)23)25-26(2)19(15)29-16/h3-12H,1-2H3,(H,24,28). The van der Waals surface area contributed by atoms with Crippen molar-refractivity contribution in [2.75, 3.05) is 0 Å². The molecule has 0 spiro atoms. The molecule has 1 amide bonds. The van der Waals surface area contributed by atoms with Gasteiger partial charge in [0, 0.05) is 30.5 Å². The molecule has 5 nitrogen and oxygen atoms in total. The number of halogens is 3. The summed E-state index contributed by atoms with van der Waals surface area (Å²) >= 11 is 0.992. The van der Waals surface area contributed by atoms with Crippen molar-refractivity contribution in [3.63, 3.8) is 0 Å². The molecular weight excluding hydrogens is 401 g/mol. The molecule has 0 radical (unpaired) electrons. The lowest BCUT2D eigenvalue weighted by molar-refractivity contribution is -0.140. The lowest BCUT2D eigenvalue weighted by Crippen LogP contribution is -2.25. The van der Waals surface area contributed by atoms with Crippen LogP contribution in [0.1, 0.15) is 33.9 Å². The van der Waals surface area contributed by atoms with Crippen molar-refractivity contribution in [2.24, 2.45) is 7.05 Å². The molecule has 4 aromatic rings. The maximum Gasteiger partial charge on any atom is 0.435 e. The molecule has 0 saturated carbocycles. The van der Waals surface area contributed by atoms with Gasteiger partial charge in [-0.25, -0.2) is 0 Å². The van der Waals surface area contributed by atoms with Gasteiger partial charge < -0.3 is 9.88 Å². The second kappa shape index (κ2) is 7.07. The summed E-state index contributed by atoms with van der Waals surface area (Å²) in [5.41, 5.74) is 0.918. The van der Waals surface area contributed by atoms with Crippen molar-refractivity contribution in [1.29, 1.82) is 0 Å². The number of aromatic nitrogens is 3. The average Bonchev–Trinajstić information content (AvgIpc) is 3.39. The summed E-state index contributed by atoms with van der Waals surface area (Å²) in [5, 5.41) is 6.32. The first-order valence-corrected chi connectivity index (χ1v) is 9.63. The minimum absolute atomic E-state index is 0.0566. The van der Waals surface area contributed by atoms with Crippen LogP contribution >= 0.6 is 11.3 Å². The maximum atomic E-state index is 13.1. The smallest absolute Gasteiger partial charge is 0.345 e. The molecule has 0 aliphatic carbocycles. The van der Waals surface area contributed by atoms with E-state index in [0.717, 1.165) is 27.3 Å². The minimum Gasteiger partial charge on any atom is -0.345 e. The van der Waals surface area contributed by atoms with E-state index in [1.807, 2.05) is 60.3 Å². The van der Waals surface area contributed by atoms with Crippen molar-refractivity contribution in [1.82, 2.24) is 19.7 Å². The van der Waals surface area contributed by atoms with E-state index in [2.05, 4.69) is 10.4 Å². The van der Waals surface area contributed by atoms with Gasteiger partial charge in [-0.15, -0.1) is 11.3 Å². The van der Waals surface area contributed by atoms with Gasteiger partial charge in [0.15, 0.2) is 5.69 Å². The van der Waals surface area contributed by atoms with Crippen LogP contribution in [0, 0.1) is 0 Å². The predicted molar refractivity (Wildman–Crippen MR) is 105 cm³/mol. The Balaban J connectivity index is 1.53. The first kappa shape index (κ1) is 19.3. The van der Waals surface area contributed by atoms with Gasteiger partial charge in [-0.2, -0.15) is 18.3 Å². The van der Waals surface area contributed by atoms with Gasteiger partial charge in [0.1, 0.15) is 4.83 Å². The number of carbonyl (C=O) groups is 1. The predicted octanol–water partition coefficient (Wildman–Crippen LogP) is 4.94. The summed E-state index contributed by atoms with van der Waals surface area (Å²) in [6.45, 7) is 1.83.